The van der Waals surface area contributed by atoms with Crippen molar-refractivity contribution < 1.29 is 9.59 Å². The summed E-state index contributed by atoms with van der Waals surface area (Å²) in [7, 11) is 0. The van der Waals surface area contributed by atoms with Crippen molar-refractivity contribution in [1.29, 1.82) is 0 Å². The number of hydrogen-bond donors (Lipinski definition) is 4. The molecule has 0 fully saturated rings. The minimum Gasteiger partial charge on any atom is -0.375 e. The normalized spacial score (nSPS) is 11.4. The van der Waals surface area contributed by atoms with Crippen molar-refractivity contribution in [1.82, 2.24) is 5.32 Å². The summed E-state index contributed by atoms with van der Waals surface area (Å²) < 4.78 is 0. The Kier molecular flexibility index (Phi) is 6.03. The number of nitrogens with one attached hydrogen (secondary N) is 3. The maximum absolute atomic E-state index is 12.0. The maximum atomic E-state index is 12.0. The highest BCUT2D eigenvalue weighted by atomic mass is 35.5. The Bertz CT molecular complexity index is 719. The van der Waals surface area contributed by atoms with Gasteiger partial charge in [-0.2, -0.15) is 0 Å². The summed E-state index contributed by atoms with van der Waals surface area (Å²) in [5, 5.41) is 8.93. The van der Waals surface area contributed by atoms with E-state index in [9.17, 15) is 9.59 Å². The van der Waals surface area contributed by atoms with E-state index in [1.807, 2.05) is 37.3 Å². The largest absolute Gasteiger partial charge is 0.375 e. The van der Waals surface area contributed by atoms with Crippen LogP contribution in [0.3, 0.4) is 0 Å². The van der Waals surface area contributed by atoms with Crippen LogP contribution in [0.5, 0.6) is 0 Å². The van der Waals surface area contributed by atoms with Gasteiger partial charge in [0, 0.05) is 5.69 Å². The topological polar surface area (TPSA) is 96.2 Å². The number of para-hydroxylation sites is 1. The Morgan fingerprint density at radius 1 is 1.12 bits per heavy atom. The molecule has 0 bridgehead atoms. The molecule has 2 aromatic carbocycles. The van der Waals surface area contributed by atoms with Crippen LogP contribution in [0.4, 0.5) is 16.2 Å². The number of hydrogen-bond acceptors (Lipinski definition) is 3. The number of primary amides is 1. The van der Waals surface area contributed by atoms with E-state index in [-0.39, 0.29) is 18.5 Å². The summed E-state index contributed by atoms with van der Waals surface area (Å²) in [4.78, 5) is 22.8. The van der Waals surface area contributed by atoms with E-state index in [1.165, 1.54) is 0 Å². The van der Waals surface area contributed by atoms with Crippen molar-refractivity contribution in [3.05, 3.63) is 59.1 Å². The standard InChI is InChI=1S/C17H19ClN4O2/c1-11(12-6-8-13(9-7-12)22-17(19)24)21-16(23)10-20-15-5-3-2-4-14(15)18/h2-9,11,20H,10H2,1H3,(H,21,23)(H3,19,22,24)/t11-/m1/s1. The van der Waals surface area contributed by atoms with Gasteiger partial charge in [-0.15, -0.1) is 0 Å². The number of amides is 3. The van der Waals surface area contributed by atoms with Crippen molar-refractivity contribution in [3.63, 3.8) is 0 Å². The van der Waals surface area contributed by atoms with Gasteiger partial charge in [-0.1, -0.05) is 35.9 Å². The highest BCUT2D eigenvalue weighted by molar-refractivity contribution is 6.33. The maximum Gasteiger partial charge on any atom is 0.316 e. The first-order valence-electron chi connectivity index (χ1n) is 7.40. The molecule has 0 aliphatic heterocycles. The molecule has 0 heterocycles. The molecule has 5 N–H and O–H groups in total. The number of urea groups is 1. The number of halogens is 1. The lowest BCUT2D eigenvalue weighted by atomic mass is 10.1. The van der Waals surface area contributed by atoms with E-state index >= 15 is 0 Å². The first-order valence-corrected chi connectivity index (χ1v) is 7.77. The zero-order chi connectivity index (χ0) is 17.5. The van der Waals surface area contributed by atoms with Crippen LogP contribution >= 0.6 is 11.6 Å². The smallest absolute Gasteiger partial charge is 0.316 e. The van der Waals surface area contributed by atoms with Gasteiger partial charge in [-0.25, -0.2) is 4.79 Å². The fourth-order valence-corrected chi connectivity index (χ4v) is 2.36. The predicted octanol–water partition coefficient (Wildman–Crippen LogP) is 3.12. The number of rotatable bonds is 6. The Morgan fingerprint density at radius 3 is 2.42 bits per heavy atom. The van der Waals surface area contributed by atoms with Crippen LogP contribution in [0.25, 0.3) is 0 Å². The van der Waals surface area contributed by atoms with Crippen LogP contribution < -0.4 is 21.7 Å². The average Bonchev–Trinajstić information content (AvgIpc) is 2.54. The fraction of sp³-hybridized carbons (Fsp3) is 0.176. The molecule has 3 amide bonds. The molecule has 0 saturated heterocycles. The summed E-state index contributed by atoms with van der Waals surface area (Å²) in [6.45, 7) is 2.00. The molecule has 0 spiro atoms. The van der Waals surface area contributed by atoms with Gasteiger partial charge in [0.05, 0.1) is 23.3 Å². The third-order valence-corrected chi connectivity index (χ3v) is 3.70. The van der Waals surface area contributed by atoms with E-state index in [2.05, 4.69) is 16.0 Å². The zero-order valence-electron chi connectivity index (χ0n) is 13.2. The Labute approximate surface area is 145 Å². The second kappa shape index (κ2) is 8.21. The lowest BCUT2D eigenvalue weighted by Gasteiger charge is -2.16. The van der Waals surface area contributed by atoms with E-state index in [4.69, 9.17) is 17.3 Å². The molecule has 0 aliphatic carbocycles. The van der Waals surface area contributed by atoms with Gasteiger partial charge in [0.25, 0.3) is 0 Å². The molecular formula is C17H19ClN4O2. The van der Waals surface area contributed by atoms with Gasteiger partial charge < -0.3 is 21.7 Å². The molecule has 1 atom stereocenters. The highest BCUT2D eigenvalue weighted by Gasteiger charge is 2.10. The Balaban J connectivity index is 1.87. The zero-order valence-corrected chi connectivity index (χ0v) is 13.9. The highest BCUT2D eigenvalue weighted by Crippen LogP contribution is 2.20. The van der Waals surface area contributed by atoms with Crippen molar-refractivity contribution >= 4 is 34.9 Å². The second-order valence-electron chi connectivity index (χ2n) is 5.23. The second-order valence-corrected chi connectivity index (χ2v) is 5.64. The first-order chi connectivity index (χ1) is 11.5. The molecule has 0 saturated carbocycles. The molecule has 0 aliphatic rings. The first kappa shape index (κ1) is 17.6. The van der Waals surface area contributed by atoms with E-state index in [0.29, 0.717) is 16.4 Å². The molecule has 0 radical (unpaired) electrons. The molecule has 126 valence electrons. The van der Waals surface area contributed by atoms with Crippen LogP contribution in [0.15, 0.2) is 48.5 Å². The van der Waals surface area contributed by atoms with Gasteiger partial charge in [-0.05, 0) is 36.8 Å². The van der Waals surface area contributed by atoms with Gasteiger partial charge in [0.2, 0.25) is 5.91 Å². The number of anilines is 2. The quantitative estimate of drug-likeness (QED) is 0.647. The summed E-state index contributed by atoms with van der Waals surface area (Å²) in [5.74, 6) is -0.151. The summed E-state index contributed by atoms with van der Waals surface area (Å²) in [6, 6.07) is 13.5. The molecular weight excluding hydrogens is 328 g/mol. The summed E-state index contributed by atoms with van der Waals surface area (Å²) in [6.07, 6.45) is 0. The van der Waals surface area contributed by atoms with Gasteiger partial charge in [0.15, 0.2) is 0 Å². The Hall–Kier alpha value is -2.73. The van der Waals surface area contributed by atoms with Crippen LogP contribution in [-0.2, 0) is 4.79 Å². The number of benzene rings is 2. The predicted molar refractivity (Wildman–Crippen MR) is 96.1 cm³/mol. The van der Waals surface area contributed by atoms with Crippen molar-refractivity contribution in [3.8, 4) is 0 Å². The average molecular weight is 347 g/mol. The molecule has 0 unspecified atom stereocenters. The van der Waals surface area contributed by atoms with Crippen molar-refractivity contribution in [2.45, 2.75) is 13.0 Å². The van der Waals surface area contributed by atoms with Gasteiger partial charge >= 0.3 is 6.03 Å². The summed E-state index contributed by atoms with van der Waals surface area (Å²) >= 11 is 6.03. The van der Waals surface area contributed by atoms with E-state index in [0.717, 1.165) is 5.56 Å². The lowest BCUT2D eigenvalue weighted by molar-refractivity contribution is -0.120. The monoisotopic (exact) mass is 346 g/mol. The van der Waals surface area contributed by atoms with Crippen LogP contribution in [0.2, 0.25) is 5.02 Å². The van der Waals surface area contributed by atoms with Crippen LogP contribution in [0, 0.1) is 0 Å². The number of carbonyl (C=O) groups is 2. The molecule has 2 rings (SSSR count). The molecule has 0 aromatic heterocycles. The third kappa shape index (κ3) is 5.17. The minimum absolute atomic E-state index is 0.120. The van der Waals surface area contributed by atoms with Crippen molar-refractivity contribution in [2.24, 2.45) is 5.73 Å². The van der Waals surface area contributed by atoms with E-state index in [1.54, 1.807) is 18.2 Å². The van der Waals surface area contributed by atoms with Crippen molar-refractivity contribution in [2.75, 3.05) is 17.2 Å². The fourth-order valence-electron chi connectivity index (χ4n) is 2.15. The summed E-state index contributed by atoms with van der Waals surface area (Å²) in [5.41, 5.74) is 7.28. The van der Waals surface area contributed by atoms with Crippen LogP contribution in [0.1, 0.15) is 18.5 Å². The van der Waals surface area contributed by atoms with E-state index < -0.39 is 6.03 Å². The molecule has 7 heteroatoms. The molecule has 24 heavy (non-hydrogen) atoms. The lowest BCUT2D eigenvalue weighted by Crippen LogP contribution is -2.32. The number of nitrogens with two attached hydrogens (primary N) is 1. The van der Waals surface area contributed by atoms with Gasteiger partial charge in [-0.3, -0.25) is 4.79 Å². The molecule has 6 nitrogen and oxygen atoms in total. The SMILES string of the molecule is C[C@@H](NC(=O)CNc1ccccc1Cl)c1ccc(NC(N)=O)cc1. The minimum atomic E-state index is -0.616. The molecule has 2 aromatic rings. The van der Waals surface area contributed by atoms with Gasteiger partial charge in [0.1, 0.15) is 0 Å². The number of carbonyl (C=O) groups excluding carboxylic acids is 2. The third-order valence-electron chi connectivity index (χ3n) is 3.37. The Morgan fingerprint density at radius 2 is 1.79 bits per heavy atom. The van der Waals surface area contributed by atoms with Crippen LogP contribution in [-0.4, -0.2) is 18.5 Å².